The summed E-state index contributed by atoms with van der Waals surface area (Å²) in [6.07, 6.45) is 1.99. The first-order chi connectivity index (χ1) is 14.5. The van der Waals surface area contributed by atoms with Gasteiger partial charge in [-0.2, -0.15) is 0 Å². The van der Waals surface area contributed by atoms with Gasteiger partial charge in [0.2, 0.25) is 5.91 Å². The molecule has 0 spiro atoms. The van der Waals surface area contributed by atoms with Crippen LogP contribution >= 0.6 is 7.60 Å². The van der Waals surface area contributed by atoms with Gasteiger partial charge in [-0.25, -0.2) is 0 Å². The second-order valence-corrected chi connectivity index (χ2v) is 11.9. The number of carbonyl (C=O) groups is 1. The SMILES string of the molecule is CC(=O)N(CCc1ccccn1)C(c1cc(C(C)(C)C)c(O)c(C(C)(C)C)c1)P(=O)(O)O. The van der Waals surface area contributed by atoms with Gasteiger partial charge in [-0.15, -0.1) is 0 Å². The number of benzene rings is 1. The average molecular weight is 463 g/mol. The van der Waals surface area contributed by atoms with Gasteiger partial charge >= 0.3 is 7.60 Å². The highest BCUT2D eigenvalue weighted by atomic mass is 31.2. The molecule has 1 atom stereocenters. The third-order valence-electron chi connectivity index (χ3n) is 5.40. The Bertz CT molecular complexity index is 968. The maximum atomic E-state index is 12.7. The standard InChI is InChI=1S/C24H35N2O5P/c1-16(27)26(13-11-18-10-8-9-12-25-18)22(32(29,30)31)17-14-19(23(2,3)4)21(28)20(15-17)24(5,6)7/h8-10,12,14-15,22,28H,11,13H2,1-7H3,(H2,29,30,31). The van der Waals surface area contributed by atoms with Gasteiger partial charge in [0.25, 0.3) is 0 Å². The van der Waals surface area contributed by atoms with E-state index in [-0.39, 0.29) is 12.3 Å². The zero-order valence-electron chi connectivity index (χ0n) is 20.0. The van der Waals surface area contributed by atoms with Crippen molar-refractivity contribution in [3.05, 3.63) is 58.9 Å². The van der Waals surface area contributed by atoms with Crippen molar-refractivity contribution < 1.29 is 24.3 Å². The molecule has 1 aromatic carbocycles. The summed E-state index contributed by atoms with van der Waals surface area (Å²) in [6.45, 7) is 12.9. The Morgan fingerprint density at radius 3 is 1.97 bits per heavy atom. The fourth-order valence-electron chi connectivity index (χ4n) is 3.74. The van der Waals surface area contributed by atoms with Crippen LogP contribution in [0.4, 0.5) is 0 Å². The number of aromatic hydroxyl groups is 1. The first-order valence-electron chi connectivity index (χ1n) is 10.6. The molecule has 1 unspecified atom stereocenters. The lowest BCUT2D eigenvalue weighted by Crippen LogP contribution is -2.35. The molecule has 2 rings (SSSR count). The molecule has 1 amide bonds. The average Bonchev–Trinajstić information content (AvgIpc) is 2.63. The number of carbonyl (C=O) groups excluding carboxylic acids is 1. The van der Waals surface area contributed by atoms with E-state index in [2.05, 4.69) is 4.98 Å². The van der Waals surface area contributed by atoms with Crippen molar-refractivity contribution in [1.29, 1.82) is 0 Å². The molecule has 8 heteroatoms. The summed E-state index contributed by atoms with van der Waals surface area (Å²) in [6, 6.07) is 8.64. The van der Waals surface area contributed by atoms with Crippen molar-refractivity contribution in [1.82, 2.24) is 9.88 Å². The zero-order chi connectivity index (χ0) is 24.5. The van der Waals surface area contributed by atoms with E-state index in [9.17, 15) is 24.3 Å². The summed E-state index contributed by atoms with van der Waals surface area (Å²) < 4.78 is 12.7. The normalized spacial score (nSPS) is 13.7. The third-order valence-corrected chi connectivity index (χ3v) is 6.61. The molecule has 3 N–H and O–H groups in total. The second-order valence-electron chi connectivity index (χ2n) is 10.2. The summed E-state index contributed by atoms with van der Waals surface area (Å²) in [5, 5.41) is 11.0. The molecule has 0 saturated carbocycles. The van der Waals surface area contributed by atoms with E-state index in [0.717, 1.165) is 5.69 Å². The minimum atomic E-state index is -4.79. The van der Waals surface area contributed by atoms with Crippen molar-refractivity contribution in [2.24, 2.45) is 0 Å². The van der Waals surface area contributed by atoms with Gasteiger partial charge in [0.05, 0.1) is 0 Å². The van der Waals surface area contributed by atoms with Crippen LogP contribution in [0.25, 0.3) is 0 Å². The first-order valence-corrected chi connectivity index (χ1v) is 12.3. The second kappa shape index (κ2) is 9.34. The van der Waals surface area contributed by atoms with Crippen LogP contribution in [0.2, 0.25) is 0 Å². The Morgan fingerprint density at radius 1 is 1.06 bits per heavy atom. The van der Waals surface area contributed by atoms with Gasteiger partial charge in [0.1, 0.15) is 5.75 Å². The Kier molecular flexibility index (Phi) is 7.60. The molecular weight excluding hydrogens is 427 g/mol. The van der Waals surface area contributed by atoms with Crippen LogP contribution in [-0.4, -0.2) is 37.2 Å². The van der Waals surface area contributed by atoms with Gasteiger partial charge in [-0.3, -0.25) is 14.3 Å². The van der Waals surface area contributed by atoms with Crippen LogP contribution in [0, 0.1) is 0 Å². The molecule has 0 saturated heterocycles. The zero-order valence-corrected chi connectivity index (χ0v) is 20.8. The highest BCUT2D eigenvalue weighted by Crippen LogP contribution is 2.55. The van der Waals surface area contributed by atoms with E-state index < -0.39 is 30.1 Å². The summed E-state index contributed by atoms with van der Waals surface area (Å²) >= 11 is 0. The van der Waals surface area contributed by atoms with E-state index in [1.165, 1.54) is 11.8 Å². The third kappa shape index (κ3) is 6.18. The van der Waals surface area contributed by atoms with E-state index in [1.807, 2.05) is 47.6 Å². The summed E-state index contributed by atoms with van der Waals surface area (Å²) in [4.78, 5) is 38.7. The van der Waals surface area contributed by atoms with Gasteiger partial charge < -0.3 is 19.8 Å². The minimum absolute atomic E-state index is 0.0959. The summed E-state index contributed by atoms with van der Waals surface area (Å²) in [7, 11) is -4.79. The van der Waals surface area contributed by atoms with Crippen LogP contribution in [0.3, 0.4) is 0 Å². The lowest BCUT2D eigenvalue weighted by Gasteiger charge is -2.34. The predicted octanol–water partition coefficient (Wildman–Crippen LogP) is 4.65. The van der Waals surface area contributed by atoms with Crippen molar-refractivity contribution in [2.75, 3.05) is 6.54 Å². The predicted molar refractivity (Wildman–Crippen MR) is 126 cm³/mol. The van der Waals surface area contributed by atoms with Crippen LogP contribution in [0.5, 0.6) is 5.75 Å². The number of rotatable bonds is 6. The highest BCUT2D eigenvalue weighted by molar-refractivity contribution is 7.52. The van der Waals surface area contributed by atoms with Crippen LogP contribution < -0.4 is 0 Å². The summed E-state index contributed by atoms with van der Waals surface area (Å²) in [5.74, 6) is -1.80. The molecule has 0 aliphatic rings. The molecule has 176 valence electrons. The Labute approximate surface area is 190 Å². The van der Waals surface area contributed by atoms with Crippen LogP contribution in [0.1, 0.15) is 76.6 Å². The van der Waals surface area contributed by atoms with Crippen molar-refractivity contribution in [3.63, 3.8) is 0 Å². The maximum absolute atomic E-state index is 12.7. The number of aromatic nitrogens is 1. The van der Waals surface area contributed by atoms with Gasteiger partial charge in [0, 0.05) is 31.8 Å². The van der Waals surface area contributed by atoms with E-state index in [0.29, 0.717) is 23.1 Å². The van der Waals surface area contributed by atoms with E-state index >= 15 is 0 Å². The number of phenolic OH excluding ortho intramolecular Hbond substituents is 1. The Morgan fingerprint density at radius 2 is 1.59 bits per heavy atom. The molecule has 0 aliphatic heterocycles. The molecule has 0 radical (unpaired) electrons. The molecule has 0 aliphatic carbocycles. The fraction of sp³-hybridized carbons (Fsp3) is 0.500. The van der Waals surface area contributed by atoms with Crippen molar-refractivity contribution in [2.45, 2.75) is 71.5 Å². The van der Waals surface area contributed by atoms with Crippen LogP contribution in [-0.2, 0) is 26.6 Å². The lowest BCUT2D eigenvalue weighted by atomic mass is 9.78. The highest BCUT2D eigenvalue weighted by Gasteiger charge is 2.39. The number of amides is 1. The maximum Gasteiger partial charge on any atom is 0.352 e. The van der Waals surface area contributed by atoms with Crippen molar-refractivity contribution >= 4 is 13.5 Å². The minimum Gasteiger partial charge on any atom is -0.507 e. The number of hydrogen-bond acceptors (Lipinski definition) is 4. The molecule has 1 heterocycles. The number of hydrogen-bond donors (Lipinski definition) is 3. The van der Waals surface area contributed by atoms with Gasteiger partial charge in [-0.1, -0.05) is 47.6 Å². The fourth-order valence-corrected chi connectivity index (χ4v) is 4.92. The molecule has 2 aromatic rings. The van der Waals surface area contributed by atoms with Crippen LogP contribution in [0.15, 0.2) is 36.5 Å². The van der Waals surface area contributed by atoms with Gasteiger partial charge in [-0.05, 0) is 51.8 Å². The molecule has 1 aromatic heterocycles. The van der Waals surface area contributed by atoms with E-state index in [4.69, 9.17) is 0 Å². The Balaban J connectivity index is 2.67. The van der Waals surface area contributed by atoms with Crippen molar-refractivity contribution in [3.8, 4) is 5.75 Å². The number of phenols is 1. The topological polar surface area (TPSA) is 111 Å². The first kappa shape index (κ1) is 26.0. The molecular formula is C24H35N2O5P. The summed E-state index contributed by atoms with van der Waals surface area (Å²) in [5.41, 5.74) is 1.23. The molecule has 0 fully saturated rings. The smallest absolute Gasteiger partial charge is 0.352 e. The van der Waals surface area contributed by atoms with E-state index in [1.54, 1.807) is 30.5 Å². The quantitative estimate of drug-likeness (QED) is 0.539. The van der Waals surface area contributed by atoms with Gasteiger partial charge in [0.15, 0.2) is 5.78 Å². The largest absolute Gasteiger partial charge is 0.507 e. The molecule has 0 bridgehead atoms. The number of nitrogens with zero attached hydrogens (tertiary/aromatic N) is 2. The molecule has 7 nitrogen and oxygen atoms in total. The molecule has 32 heavy (non-hydrogen) atoms. The lowest BCUT2D eigenvalue weighted by molar-refractivity contribution is -0.130. The Hall–Kier alpha value is -2.21. The number of pyridine rings is 1. The monoisotopic (exact) mass is 462 g/mol.